The van der Waals surface area contributed by atoms with Crippen molar-refractivity contribution in [2.75, 3.05) is 17.6 Å². The second kappa shape index (κ2) is 8.59. The van der Waals surface area contributed by atoms with Crippen LogP contribution >= 0.6 is 34.4 Å². The van der Waals surface area contributed by atoms with E-state index >= 15 is 0 Å². The lowest BCUT2D eigenvalue weighted by Crippen LogP contribution is -2.07. The molecule has 128 valence electrons. The zero-order chi connectivity index (χ0) is 16.8. The van der Waals surface area contributed by atoms with Gasteiger partial charge in [0.2, 0.25) is 16.8 Å². The second-order valence-corrected chi connectivity index (χ2v) is 8.86. The number of thiophene rings is 1. The maximum absolute atomic E-state index is 5.30. The monoisotopic (exact) mass is 381 g/mol. The van der Waals surface area contributed by atoms with Crippen LogP contribution in [0, 0.1) is 5.92 Å². The van der Waals surface area contributed by atoms with Gasteiger partial charge in [-0.25, -0.2) is 0 Å². The van der Waals surface area contributed by atoms with Crippen molar-refractivity contribution < 1.29 is 4.52 Å². The molecule has 0 aliphatic rings. The van der Waals surface area contributed by atoms with Gasteiger partial charge in [0.25, 0.3) is 0 Å². The molecule has 0 bridgehead atoms. The molecule has 9 heteroatoms. The Morgan fingerprint density at radius 3 is 3.04 bits per heavy atom. The molecule has 0 saturated carbocycles. The molecule has 1 N–H and O–H groups in total. The lowest BCUT2D eigenvalue weighted by atomic mass is 10.2. The number of hydrogen-bond donors (Lipinski definition) is 1. The second-order valence-electron chi connectivity index (χ2n) is 5.59. The Hall–Kier alpha value is -1.45. The summed E-state index contributed by atoms with van der Waals surface area (Å²) in [6.07, 6.45) is 1.74. The molecule has 0 aliphatic carbocycles. The van der Waals surface area contributed by atoms with Crippen LogP contribution in [-0.2, 0) is 6.42 Å². The summed E-state index contributed by atoms with van der Waals surface area (Å²) in [5.41, 5.74) is 0. The topological polar surface area (TPSA) is 76.7 Å². The Labute approximate surface area is 153 Å². The highest BCUT2D eigenvalue weighted by Crippen LogP contribution is 2.26. The molecule has 0 aliphatic heterocycles. The molecular formula is C15H19N5OS3. The first-order valence-corrected chi connectivity index (χ1v) is 10.5. The summed E-state index contributed by atoms with van der Waals surface area (Å²) in [6, 6.07) is 3.98. The van der Waals surface area contributed by atoms with Crippen LogP contribution < -0.4 is 5.32 Å². The Morgan fingerprint density at radius 2 is 2.25 bits per heavy atom. The lowest BCUT2D eigenvalue weighted by Gasteiger charge is -2.03. The predicted molar refractivity (Wildman–Crippen MR) is 99.9 cm³/mol. The van der Waals surface area contributed by atoms with Crippen molar-refractivity contribution in [3.63, 3.8) is 0 Å². The smallest absolute Gasteiger partial charge is 0.227 e. The van der Waals surface area contributed by atoms with Crippen molar-refractivity contribution in [1.29, 1.82) is 0 Å². The van der Waals surface area contributed by atoms with E-state index in [2.05, 4.69) is 39.5 Å². The molecule has 0 amide bonds. The fourth-order valence-corrected chi connectivity index (χ4v) is 4.29. The molecule has 0 saturated heterocycles. The molecule has 3 heterocycles. The minimum Gasteiger partial charge on any atom is -0.360 e. The van der Waals surface area contributed by atoms with E-state index in [0.29, 0.717) is 17.6 Å². The van der Waals surface area contributed by atoms with Gasteiger partial charge in [-0.3, -0.25) is 0 Å². The largest absolute Gasteiger partial charge is 0.360 e. The highest BCUT2D eigenvalue weighted by Gasteiger charge is 2.10. The Kier molecular flexibility index (Phi) is 6.22. The summed E-state index contributed by atoms with van der Waals surface area (Å²) in [6.45, 7) is 5.26. The summed E-state index contributed by atoms with van der Waals surface area (Å²) >= 11 is 4.93. The molecule has 0 spiro atoms. The van der Waals surface area contributed by atoms with Gasteiger partial charge in [-0.05, 0) is 23.8 Å². The first-order chi connectivity index (χ1) is 11.7. The predicted octanol–water partition coefficient (Wildman–Crippen LogP) is 4.44. The number of hydrogen-bond acceptors (Lipinski definition) is 9. The van der Waals surface area contributed by atoms with E-state index in [-0.39, 0.29) is 0 Å². The van der Waals surface area contributed by atoms with E-state index in [1.165, 1.54) is 0 Å². The number of anilines is 1. The third-order valence-electron chi connectivity index (χ3n) is 3.04. The average molecular weight is 382 g/mol. The van der Waals surface area contributed by atoms with Gasteiger partial charge in [-0.15, -0.1) is 21.5 Å². The van der Waals surface area contributed by atoms with Crippen LogP contribution in [0.2, 0.25) is 0 Å². The van der Waals surface area contributed by atoms with Gasteiger partial charge in [-0.1, -0.05) is 48.2 Å². The SMILES string of the molecule is CC(C)CNc1nnc(SCCCc2nc(-c3cccs3)no2)s1. The maximum Gasteiger partial charge on any atom is 0.227 e. The standard InChI is InChI=1S/C15H19N5OS3/c1-10(2)9-16-14-18-19-15(24-14)23-8-4-6-12-17-13(20-21-12)11-5-3-7-22-11/h3,5,7,10H,4,6,8-9H2,1-2H3,(H,16,18). The Morgan fingerprint density at radius 1 is 1.33 bits per heavy atom. The zero-order valence-corrected chi connectivity index (χ0v) is 16.0. The van der Waals surface area contributed by atoms with Crippen molar-refractivity contribution in [2.45, 2.75) is 31.0 Å². The van der Waals surface area contributed by atoms with Gasteiger partial charge in [-0.2, -0.15) is 4.98 Å². The molecule has 3 aromatic rings. The van der Waals surface area contributed by atoms with Crippen molar-refractivity contribution in [1.82, 2.24) is 20.3 Å². The number of nitrogens with one attached hydrogen (secondary N) is 1. The average Bonchev–Trinajstić information content (AvgIpc) is 3.30. The summed E-state index contributed by atoms with van der Waals surface area (Å²) in [5.74, 6) is 2.92. The highest BCUT2D eigenvalue weighted by atomic mass is 32.2. The molecule has 24 heavy (non-hydrogen) atoms. The first-order valence-electron chi connectivity index (χ1n) is 7.77. The number of rotatable bonds is 9. The number of thioether (sulfide) groups is 1. The lowest BCUT2D eigenvalue weighted by molar-refractivity contribution is 0.378. The molecule has 0 radical (unpaired) electrons. The van der Waals surface area contributed by atoms with Gasteiger partial charge < -0.3 is 9.84 Å². The summed E-state index contributed by atoms with van der Waals surface area (Å²) in [7, 11) is 0. The molecule has 0 aromatic carbocycles. The van der Waals surface area contributed by atoms with Gasteiger partial charge in [0.15, 0.2) is 4.34 Å². The molecule has 0 unspecified atom stereocenters. The number of aromatic nitrogens is 4. The van der Waals surface area contributed by atoms with Crippen molar-refractivity contribution in [3.05, 3.63) is 23.4 Å². The maximum atomic E-state index is 5.30. The molecule has 0 atom stereocenters. The van der Waals surface area contributed by atoms with Crippen LogP contribution in [0.25, 0.3) is 10.7 Å². The van der Waals surface area contributed by atoms with Crippen LogP contribution in [-0.4, -0.2) is 32.6 Å². The van der Waals surface area contributed by atoms with Crippen molar-refractivity contribution in [2.24, 2.45) is 5.92 Å². The normalized spacial score (nSPS) is 11.3. The van der Waals surface area contributed by atoms with Gasteiger partial charge >= 0.3 is 0 Å². The minimum atomic E-state index is 0.596. The van der Waals surface area contributed by atoms with E-state index in [1.54, 1.807) is 34.4 Å². The molecule has 3 aromatic heterocycles. The summed E-state index contributed by atoms with van der Waals surface area (Å²) < 4.78 is 6.29. The molecule has 3 rings (SSSR count). The van der Waals surface area contributed by atoms with E-state index in [4.69, 9.17) is 4.52 Å². The van der Waals surface area contributed by atoms with Gasteiger partial charge in [0.1, 0.15) is 0 Å². The number of nitrogens with zero attached hydrogens (tertiary/aromatic N) is 4. The van der Waals surface area contributed by atoms with Crippen LogP contribution in [0.1, 0.15) is 26.2 Å². The fraction of sp³-hybridized carbons (Fsp3) is 0.467. The summed E-state index contributed by atoms with van der Waals surface area (Å²) in [4.78, 5) is 5.47. The van der Waals surface area contributed by atoms with Crippen LogP contribution in [0.3, 0.4) is 0 Å². The van der Waals surface area contributed by atoms with Crippen LogP contribution in [0.5, 0.6) is 0 Å². The van der Waals surface area contributed by atoms with Crippen LogP contribution in [0.4, 0.5) is 5.13 Å². The Bertz CT molecular complexity index is 738. The van der Waals surface area contributed by atoms with E-state index in [0.717, 1.165) is 39.5 Å². The fourth-order valence-electron chi connectivity index (χ4n) is 1.88. The third-order valence-corrected chi connectivity index (χ3v) is 6.00. The minimum absolute atomic E-state index is 0.596. The van der Waals surface area contributed by atoms with E-state index in [9.17, 15) is 0 Å². The van der Waals surface area contributed by atoms with Gasteiger partial charge in [0.05, 0.1) is 4.88 Å². The van der Waals surface area contributed by atoms with Gasteiger partial charge in [0, 0.05) is 18.7 Å². The zero-order valence-electron chi connectivity index (χ0n) is 13.6. The van der Waals surface area contributed by atoms with E-state index < -0.39 is 0 Å². The molecule has 0 fully saturated rings. The number of aryl methyl sites for hydroxylation is 1. The quantitative estimate of drug-likeness (QED) is 0.433. The summed E-state index contributed by atoms with van der Waals surface area (Å²) in [5, 5.41) is 18.6. The first kappa shape index (κ1) is 17.4. The Balaban J connectivity index is 1.39. The van der Waals surface area contributed by atoms with E-state index in [1.807, 2.05) is 17.5 Å². The van der Waals surface area contributed by atoms with Crippen molar-refractivity contribution >= 4 is 39.6 Å². The molecular weight excluding hydrogens is 362 g/mol. The van der Waals surface area contributed by atoms with Crippen LogP contribution in [0.15, 0.2) is 26.4 Å². The third kappa shape index (κ3) is 5.02. The van der Waals surface area contributed by atoms with Crippen molar-refractivity contribution in [3.8, 4) is 10.7 Å². The highest BCUT2D eigenvalue weighted by molar-refractivity contribution is 8.01. The molecule has 6 nitrogen and oxygen atoms in total.